The molecule has 1 unspecified atom stereocenters. The van der Waals surface area contributed by atoms with E-state index in [1.54, 1.807) is 0 Å². The summed E-state index contributed by atoms with van der Waals surface area (Å²) in [5, 5.41) is 9.09. The zero-order valence-corrected chi connectivity index (χ0v) is 11.2. The van der Waals surface area contributed by atoms with E-state index in [0.717, 1.165) is 16.7 Å². The Kier molecular flexibility index (Phi) is 3.94. The maximum atomic E-state index is 11.1. The first kappa shape index (κ1) is 13.7. The summed E-state index contributed by atoms with van der Waals surface area (Å²) in [5.41, 5.74) is 2.91. The number of aliphatic carboxylic acids is 1. The third-order valence-electron chi connectivity index (χ3n) is 3.46. The molecule has 0 heterocycles. The summed E-state index contributed by atoms with van der Waals surface area (Å²) in [6, 6.07) is 6.18. The average molecular weight is 235 g/mol. The standard InChI is InChI=1S/C14H21NO2/c1-10-6-7-11(2)12(8-10)14(3,15(4)5)9-13(16)17/h6-8H,9H2,1-5H3,(H,16,17). The van der Waals surface area contributed by atoms with E-state index in [-0.39, 0.29) is 6.42 Å². The molecule has 1 atom stereocenters. The van der Waals surface area contributed by atoms with E-state index in [9.17, 15) is 4.79 Å². The van der Waals surface area contributed by atoms with Gasteiger partial charge in [0.1, 0.15) is 0 Å². The fourth-order valence-electron chi connectivity index (χ4n) is 2.10. The van der Waals surface area contributed by atoms with Gasteiger partial charge in [0.15, 0.2) is 0 Å². The molecule has 3 heteroatoms. The SMILES string of the molecule is Cc1ccc(C)c(C(C)(CC(=O)O)N(C)C)c1. The smallest absolute Gasteiger partial charge is 0.305 e. The second-order valence-corrected chi connectivity index (χ2v) is 5.06. The molecule has 1 aromatic carbocycles. The van der Waals surface area contributed by atoms with Crippen LogP contribution in [-0.4, -0.2) is 30.1 Å². The van der Waals surface area contributed by atoms with Gasteiger partial charge >= 0.3 is 5.97 Å². The lowest BCUT2D eigenvalue weighted by Crippen LogP contribution is -2.41. The molecule has 0 aliphatic rings. The predicted octanol–water partition coefficient (Wildman–Crippen LogP) is 2.55. The zero-order valence-electron chi connectivity index (χ0n) is 11.2. The van der Waals surface area contributed by atoms with E-state index in [2.05, 4.69) is 12.1 Å². The molecule has 0 aliphatic heterocycles. The highest BCUT2D eigenvalue weighted by Gasteiger charge is 2.33. The monoisotopic (exact) mass is 235 g/mol. The van der Waals surface area contributed by atoms with Crippen LogP contribution in [0, 0.1) is 13.8 Å². The van der Waals surface area contributed by atoms with Crippen LogP contribution in [0.15, 0.2) is 18.2 Å². The Morgan fingerprint density at radius 3 is 2.41 bits per heavy atom. The van der Waals surface area contributed by atoms with E-state index in [4.69, 9.17) is 5.11 Å². The highest BCUT2D eigenvalue weighted by molar-refractivity contribution is 5.69. The van der Waals surface area contributed by atoms with Gasteiger partial charge in [0.2, 0.25) is 0 Å². The van der Waals surface area contributed by atoms with Crippen molar-refractivity contribution in [3.8, 4) is 0 Å². The molecular weight excluding hydrogens is 214 g/mol. The maximum absolute atomic E-state index is 11.1. The third-order valence-corrected chi connectivity index (χ3v) is 3.46. The van der Waals surface area contributed by atoms with Crippen LogP contribution in [0.25, 0.3) is 0 Å². The van der Waals surface area contributed by atoms with Crippen LogP contribution in [0.4, 0.5) is 0 Å². The van der Waals surface area contributed by atoms with Crippen LogP contribution in [-0.2, 0) is 10.3 Å². The summed E-state index contributed by atoms with van der Waals surface area (Å²) in [4.78, 5) is 13.0. The summed E-state index contributed by atoms with van der Waals surface area (Å²) in [7, 11) is 3.84. The van der Waals surface area contributed by atoms with Crippen molar-refractivity contribution >= 4 is 5.97 Å². The van der Waals surface area contributed by atoms with Crippen LogP contribution in [0.1, 0.15) is 30.0 Å². The Bertz CT molecular complexity index is 426. The second kappa shape index (κ2) is 4.88. The summed E-state index contributed by atoms with van der Waals surface area (Å²) in [5.74, 6) is -0.776. The molecule has 0 saturated carbocycles. The molecular formula is C14H21NO2. The minimum Gasteiger partial charge on any atom is -0.481 e. The van der Waals surface area contributed by atoms with Crippen LogP contribution < -0.4 is 0 Å². The number of hydrogen-bond donors (Lipinski definition) is 1. The molecule has 0 aromatic heterocycles. The molecule has 1 rings (SSSR count). The molecule has 1 N–H and O–H groups in total. The first-order chi connectivity index (χ1) is 7.77. The largest absolute Gasteiger partial charge is 0.481 e. The number of carboxylic acid groups (broad SMARTS) is 1. The van der Waals surface area contributed by atoms with Crippen molar-refractivity contribution in [1.29, 1.82) is 0 Å². The highest BCUT2D eigenvalue weighted by atomic mass is 16.4. The topological polar surface area (TPSA) is 40.5 Å². The zero-order chi connectivity index (χ0) is 13.2. The minimum atomic E-state index is -0.776. The Morgan fingerprint density at radius 2 is 1.94 bits per heavy atom. The number of hydrogen-bond acceptors (Lipinski definition) is 2. The van der Waals surface area contributed by atoms with Gasteiger partial charge in [-0.05, 0) is 46.0 Å². The van der Waals surface area contributed by atoms with Gasteiger partial charge in [-0.1, -0.05) is 23.8 Å². The van der Waals surface area contributed by atoms with Gasteiger partial charge in [-0.15, -0.1) is 0 Å². The van der Waals surface area contributed by atoms with Crippen LogP contribution in [0.3, 0.4) is 0 Å². The predicted molar refractivity (Wildman–Crippen MR) is 69.2 cm³/mol. The average Bonchev–Trinajstić information content (AvgIpc) is 2.20. The van der Waals surface area contributed by atoms with Gasteiger partial charge in [-0.2, -0.15) is 0 Å². The van der Waals surface area contributed by atoms with Crippen molar-refractivity contribution < 1.29 is 9.90 Å². The lowest BCUT2D eigenvalue weighted by Gasteiger charge is -2.37. The molecule has 0 fully saturated rings. The van der Waals surface area contributed by atoms with Gasteiger partial charge in [0, 0.05) is 0 Å². The summed E-state index contributed by atoms with van der Waals surface area (Å²) in [6.07, 6.45) is 0.101. The Labute approximate surface area is 103 Å². The molecule has 0 radical (unpaired) electrons. The molecule has 0 spiro atoms. The van der Waals surface area contributed by atoms with Gasteiger partial charge in [-0.25, -0.2) is 0 Å². The molecule has 0 bridgehead atoms. The van der Waals surface area contributed by atoms with E-state index < -0.39 is 11.5 Å². The van der Waals surface area contributed by atoms with E-state index in [0.29, 0.717) is 0 Å². The van der Waals surface area contributed by atoms with Gasteiger partial charge in [-0.3, -0.25) is 9.69 Å². The number of nitrogens with zero attached hydrogens (tertiary/aromatic N) is 1. The molecule has 1 aromatic rings. The highest BCUT2D eigenvalue weighted by Crippen LogP contribution is 2.32. The van der Waals surface area contributed by atoms with E-state index in [1.807, 2.05) is 45.8 Å². The number of carboxylic acids is 1. The quantitative estimate of drug-likeness (QED) is 0.872. The number of benzene rings is 1. The molecule has 3 nitrogen and oxygen atoms in total. The summed E-state index contributed by atoms with van der Waals surface area (Å²) >= 11 is 0. The fraction of sp³-hybridized carbons (Fsp3) is 0.500. The first-order valence-corrected chi connectivity index (χ1v) is 5.74. The normalized spacial score (nSPS) is 14.7. The lowest BCUT2D eigenvalue weighted by molar-refractivity contribution is -0.140. The molecule has 0 amide bonds. The van der Waals surface area contributed by atoms with Crippen molar-refractivity contribution in [2.75, 3.05) is 14.1 Å². The molecule has 0 aliphatic carbocycles. The Balaban J connectivity index is 3.31. The number of rotatable bonds is 4. The summed E-state index contributed by atoms with van der Waals surface area (Å²) < 4.78 is 0. The van der Waals surface area contributed by atoms with E-state index >= 15 is 0 Å². The lowest BCUT2D eigenvalue weighted by atomic mass is 9.84. The molecule has 94 valence electrons. The van der Waals surface area contributed by atoms with Crippen molar-refractivity contribution in [2.45, 2.75) is 32.7 Å². The molecule has 17 heavy (non-hydrogen) atoms. The van der Waals surface area contributed by atoms with Crippen LogP contribution in [0.5, 0.6) is 0 Å². The van der Waals surface area contributed by atoms with Gasteiger partial charge in [0.25, 0.3) is 0 Å². The van der Waals surface area contributed by atoms with Gasteiger partial charge < -0.3 is 5.11 Å². The van der Waals surface area contributed by atoms with Crippen LogP contribution in [0.2, 0.25) is 0 Å². The van der Waals surface area contributed by atoms with Crippen LogP contribution >= 0.6 is 0 Å². The Morgan fingerprint density at radius 1 is 1.35 bits per heavy atom. The first-order valence-electron chi connectivity index (χ1n) is 5.74. The fourth-order valence-corrected chi connectivity index (χ4v) is 2.10. The van der Waals surface area contributed by atoms with Gasteiger partial charge in [0.05, 0.1) is 12.0 Å². The van der Waals surface area contributed by atoms with Crippen molar-refractivity contribution in [1.82, 2.24) is 4.90 Å². The van der Waals surface area contributed by atoms with Crippen molar-refractivity contribution in [3.05, 3.63) is 34.9 Å². The minimum absolute atomic E-state index is 0.101. The van der Waals surface area contributed by atoms with Crippen molar-refractivity contribution in [2.24, 2.45) is 0 Å². The third kappa shape index (κ3) is 2.86. The van der Waals surface area contributed by atoms with Crippen molar-refractivity contribution in [3.63, 3.8) is 0 Å². The maximum Gasteiger partial charge on any atom is 0.305 e. The summed E-state index contributed by atoms with van der Waals surface area (Å²) in [6.45, 7) is 6.03. The second-order valence-electron chi connectivity index (χ2n) is 5.06. The number of aryl methyl sites for hydroxylation is 2. The molecule has 0 saturated heterocycles. The number of carbonyl (C=O) groups is 1. The Hall–Kier alpha value is -1.35. The van der Waals surface area contributed by atoms with E-state index in [1.165, 1.54) is 0 Å².